The van der Waals surface area contributed by atoms with Crippen molar-refractivity contribution >= 4 is 24.7 Å². The van der Waals surface area contributed by atoms with Crippen LogP contribution in [0.15, 0.2) is 0 Å². The number of carboxylic acids is 1. The first kappa shape index (κ1) is 9.25. The number of carbonyl (C=O) groups is 1. The van der Waals surface area contributed by atoms with Crippen LogP contribution < -0.4 is 5.73 Å². The van der Waals surface area contributed by atoms with Gasteiger partial charge in [-0.05, 0) is 0 Å². The fourth-order valence-corrected chi connectivity index (χ4v) is 0.454. The number of likely N-dealkylation sites (N-methyl/N-ethyl adjacent to an activating group) is 1. The Morgan fingerprint density at radius 3 is 2.40 bits per heavy atom. The van der Waals surface area contributed by atoms with Crippen LogP contribution in [0.3, 0.4) is 0 Å². The standard InChI is InChI=1S/C4H9N3O2S/c1-7(10,4(5)6)2-3(8)9/h2H2,1H3,(H3,5,6)(H,8,9). The molecule has 0 aliphatic heterocycles. The summed E-state index contributed by atoms with van der Waals surface area (Å²) in [5.74, 6) is -1.40. The SMILES string of the molecule is C[N+]([S-])(CC(=O)O)C(=N)N. The van der Waals surface area contributed by atoms with E-state index in [2.05, 4.69) is 12.8 Å². The van der Waals surface area contributed by atoms with Crippen molar-refractivity contribution in [3.05, 3.63) is 0 Å². The fraction of sp³-hybridized carbons (Fsp3) is 0.500. The number of guanidine groups is 1. The maximum absolute atomic E-state index is 10.1. The molecule has 10 heavy (non-hydrogen) atoms. The van der Waals surface area contributed by atoms with Crippen molar-refractivity contribution < 1.29 is 13.8 Å². The molecule has 0 fully saturated rings. The van der Waals surface area contributed by atoms with Crippen LogP contribution in [-0.2, 0) is 17.6 Å². The smallest absolute Gasteiger partial charge is 0.358 e. The molecule has 0 saturated heterocycles. The number of nitrogens with two attached hydrogens (primary N) is 1. The van der Waals surface area contributed by atoms with E-state index in [4.69, 9.17) is 16.2 Å². The lowest BCUT2D eigenvalue weighted by Gasteiger charge is -2.35. The molecule has 5 nitrogen and oxygen atoms in total. The van der Waals surface area contributed by atoms with Gasteiger partial charge in [0.1, 0.15) is 0 Å². The largest absolute Gasteiger partial charge is 0.484 e. The van der Waals surface area contributed by atoms with Crippen LogP contribution in [-0.4, -0.2) is 34.5 Å². The van der Waals surface area contributed by atoms with E-state index in [0.29, 0.717) is 0 Å². The van der Waals surface area contributed by atoms with Crippen LogP contribution >= 0.6 is 0 Å². The van der Waals surface area contributed by atoms with Crippen LogP contribution in [0.25, 0.3) is 0 Å². The molecular formula is C4H9N3O2S. The summed E-state index contributed by atoms with van der Waals surface area (Å²) in [6, 6.07) is 0. The van der Waals surface area contributed by atoms with Crippen LogP contribution in [0.4, 0.5) is 0 Å². The number of rotatable bonds is 2. The van der Waals surface area contributed by atoms with E-state index >= 15 is 0 Å². The molecule has 1 unspecified atom stereocenters. The zero-order chi connectivity index (χ0) is 8.36. The van der Waals surface area contributed by atoms with Crippen LogP contribution in [0.2, 0.25) is 0 Å². The van der Waals surface area contributed by atoms with Gasteiger partial charge in [-0.3, -0.25) is 0 Å². The Bertz CT molecular complexity index is 168. The fourth-order valence-electron chi connectivity index (χ4n) is 0.343. The molecule has 4 N–H and O–H groups in total. The molecule has 0 amide bonds. The first-order valence-electron chi connectivity index (χ1n) is 2.49. The molecule has 0 aromatic carbocycles. The van der Waals surface area contributed by atoms with Crippen molar-refractivity contribution in [1.29, 1.82) is 5.41 Å². The molecule has 1 atom stereocenters. The summed E-state index contributed by atoms with van der Waals surface area (Å²) >= 11 is 4.65. The normalized spacial score (nSPS) is 15.8. The third kappa shape index (κ3) is 2.70. The summed E-state index contributed by atoms with van der Waals surface area (Å²) in [6.45, 7) is -0.343. The summed E-state index contributed by atoms with van der Waals surface area (Å²) in [4.78, 5) is 10.1. The average molecular weight is 163 g/mol. The first-order chi connectivity index (χ1) is 4.36. The molecule has 0 spiro atoms. The molecule has 0 aliphatic rings. The maximum Gasteiger partial charge on any atom is 0.358 e. The Kier molecular flexibility index (Phi) is 2.67. The summed E-state index contributed by atoms with van der Waals surface area (Å²) < 4.78 is -0.519. The highest BCUT2D eigenvalue weighted by Crippen LogP contribution is 1.94. The van der Waals surface area contributed by atoms with Crippen LogP contribution in [0, 0.1) is 5.41 Å². The van der Waals surface area contributed by atoms with Crippen molar-refractivity contribution in [1.82, 2.24) is 0 Å². The van der Waals surface area contributed by atoms with E-state index in [9.17, 15) is 4.79 Å². The van der Waals surface area contributed by atoms with E-state index in [1.54, 1.807) is 0 Å². The highest BCUT2D eigenvalue weighted by atomic mass is 32.1. The predicted octanol–water partition coefficient (Wildman–Crippen LogP) is -1.13. The van der Waals surface area contributed by atoms with E-state index in [0.717, 1.165) is 0 Å². The summed E-state index contributed by atoms with van der Waals surface area (Å²) in [5.41, 5.74) is 5.01. The highest BCUT2D eigenvalue weighted by molar-refractivity contribution is 7.52. The van der Waals surface area contributed by atoms with Gasteiger partial charge in [-0.1, -0.05) is 0 Å². The molecule has 0 aliphatic carbocycles. The van der Waals surface area contributed by atoms with Gasteiger partial charge < -0.3 is 27.5 Å². The topological polar surface area (TPSA) is 87.2 Å². The van der Waals surface area contributed by atoms with Gasteiger partial charge in [0.2, 0.25) is 0 Å². The highest BCUT2D eigenvalue weighted by Gasteiger charge is 2.15. The van der Waals surface area contributed by atoms with Gasteiger partial charge >= 0.3 is 5.97 Å². The van der Waals surface area contributed by atoms with Crippen molar-refractivity contribution in [3.8, 4) is 0 Å². The van der Waals surface area contributed by atoms with Gasteiger partial charge in [0.05, 0.1) is 7.05 Å². The lowest BCUT2D eigenvalue weighted by Crippen LogP contribution is -2.51. The third-order valence-electron chi connectivity index (χ3n) is 0.947. The van der Waals surface area contributed by atoms with Gasteiger partial charge in [-0.25, -0.2) is 10.2 Å². The van der Waals surface area contributed by atoms with Crippen LogP contribution in [0.5, 0.6) is 0 Å². The van der Waals surface area contributed by atoms with Gasteiger partial charge in [0, 0.05) is 0 Å². The molecule has 0 saturated carbocycles. The number of nitrogens with one attached hydrogen (secondary N) is 1. The molecule has 0 aromatic rings. The zero-order valence-corrected chi connectivity index (χ0v) is 6.31. The van der Waals surface area contributed by atoms with Crippen LogP contribution in [0.1, 0.15) is 0 Å². The Labute approximate surface area is 64.1 Å². The number of quaternary nitrogens is 1. The number of hydrogen-bond donors (Lipinski definition) is 3. The Morgan fingerprint density at radius 2 is 2.30 bits per heavy atom. The van der Waals surface area contributed by atoms with E-state index in [1.807, 2.05) is 0 Å². The summed E-state index contributed by atoms with van der Waals surface area (Å²) in [6.07, 6.45) is 0. The van der Waals surface area contributed by atoms with Crippen molar-refractivity contribution in [2.45, 2.75) is 0 Å². The molecule has 58 valence electrons. The Balaban J connectivity index is 4.13. The predicted molar refractivity (Wildman–Crippen MR) is 38.0 cm³/mol. The number of carboxylic acid groups (broad SMARTS) is 1. The molecule has 0 rings (SSSR count). The second-order valence-corrected chi connectivity index (χ2v) is 2.84. The Morgan fingerprint density at radius 1 is 1.90 bits per heavy atom. The number of nitrogens with zero attached hydrogens (tertiary/aromatic N) is 1. The molecular weight excluding hydrogens is 154 g/mol. The quantitative estimate of drug-likeness (QED) is 0.208. The zero-order valence-electron chi connectivity index (χ0n) is 5.50. The number of aliphatic carboxylic acids is 1. The minimum Gasteiger partial charge on any atom is -0.484 e. The second kappa shape index (κ2) is 2.89. The van der Waals surface area contributed by atoms with Gasteiger partial charge in [-0.2, -0.15) is 0 Å². The average Bonchev–Trinajstić information content (AvgIpc) is 1.60. The van der Waals surface area contributed by atoms with E-state index in [1.165, 1.54) is 7.05 Å². The lowest BCUT2D eigenvalue weighted by atomic mass is 10.6. The van der Waals surface area contributed by atoms with Crippen molar-refractivity contribution in [2.24, 2.45) is 5.73 Å². The monoisotopic (exact) mass is 163 g/mol. The first-order valence-corrected chi connectivity index (χ1v) is 2.85. The minimum atomic E-state index is -1.06. The lowest BCUT2D eigenvalue weighted by molar-refractivity contribution is -0.665. The molecule has 6 heteroatoms. The van der Waals surface area contributed by atoms with Crippen molar-refractivity contribution in [3.63, 3.8) is 0 Å². The summed E-state index contributed by atoms with van der Waals surface area (Å²) in [5, 5.41) is 15.1. The molecule has 0 radical (unpaired) electrons. The van der Waals surface area contributed by atoms with E-state index < -0.39 is 9.86 Å². The second-order valence-electron chi connectivity index (χ2n) is 2.04. The minimum absolute atomic E-state index is 0.336. The molecule has 0 heterocycles. The number of hydrogen-bond acceptors (Lipinski definition) is 3. The molecule has 0 aromatic heterocycles. The summed E-state index contributed by atoms with van der Waals surface area (Å²) in [7, 11) is 1.38. The van der Waals surface area contributed by atoms with Gasteiger partial charge in [0.15, 0.2) is 6.54 Å². The third-order valence-corrected chi connectivity index (χ3v) is 1.27. The maximum atomic E-state index is 10.1. The van der Waals surface area contributed by atoms with Crippen molar-refractivity contribution in [2.75, 3.05) is 13.6 Å². The van der Waals surface area contributed by atoms with Gasteiger partial charge in [-0.15, -0.1) is 0 Å². The Hall–Kier alpha value is -0.750. The molecule has 0 bridgehead atoms. The van der Waals surface area contributed by atoms with E-state index in [-0.39, 0.29) is 12.5 Å². The van der Waals surface area contributed by atoms with Gasteiger partial charge in [0.25, 0.3) is 5.96 Å².